The van der Waals surface area contributed by atoms with Gasteiger partial charge in [0.15, 0.2) is 0 Å². The number of aromatic nitrogens is 2. The van der Waals surface area contributed by atoms with E-state index in [1.54, 1.807) is 38.6 Å². The van der Waals surface area contributed by atoms with Crippen molar-refractivity contribution in [2.24, 2.45) is 5.73 Å². The van der Waals surface area contributed by atoms with Crippen molar-refractivity contribution in [2.75, 3.05) is 14.2 Å². The van der Waals surface area contributed by atoms with Crippen LogP contribution in [0.4, 0.5) is 0 Å². The first-order chi connectivity index (χ1) is 9.65. The molecule has 106 valence electrons. The number of hydrogen-bond acceptors (Lipinski definition) is 5. The number of hydrogen-bond donors (Lipinski definition) is 1. The average Bonchev–Trinajstić information content (AvgIpc) is 2.48. The fraction of sp³-hybridized carbons (Fsp3) is 0.286. The molecule has 1 aromatic heterocycles. The zero-order valence-corrected chi connectivity index (χ0v) is 11.4. The van der Waals surface area contributed by atoms with Crippen LogP contribution in [-0.4, -0.2) is 24.0 Å². The number of nitrogens with zero attached hydrogens (tertiary/aromatic N) is 2. The quantitative estimate of drug-likeness (QED) is 0.879. The Morgan fingerprint density at radius 2 is 2.10 bits per heavy atom. The fourth-order valence-electron chi connectivity index (χ4n) is 1.93. The van der Waals surface area contributed by atoms with Gasteiger partial charge in [0.25, 0.3) is 5.56 Å². The minimum Gasteiger partial charge on any atom is -0.497 e. The van der Waals surface area contributed by atoms with Crippen molar-refractivity contribution in [1.29, 1.82) is 0 Å². The molecule has 0 fully saturated rings. The summed E-state index contributed by atoms with van der Waals surface area (Å²) in [6.45, 7) is 0.280. The van der Waals surface area contributed by atoms with Crippen LogP contribution >= 0.6 is 0 Å². The van der Waals surface area contributed by atoms with Crippen molar-refractivity contribution in [3.63, 3.8) is 0 Å². The molecule has 1 unspecified atom stereocenters. The number of methoxy groups -OCH3 is 2. The molecule has 0 aliphatic carbocycles. The molecule has 0 radical (unpaired) electrons. The molecule has 20 heavy (non-hydrogen) atoms. The van der Waals surface area contributed by atoms with Crippen molar-refractivity contribution in [3.05, 3.63) is 52.4 Å². The molecule has 0 aliphatic rings. The maximum atomic E-state index is 11.6. The molecule has 0 saturated carbocycles. The van der Waals surface area contributed by atoms with E-state index in [2.05, 4.69) is 5.10 Å². The van der Waals surface area contributed by atoms with E-state index >= 15 is 0 Å². The van der Waals surface area contributed by atoms with Crippen LogP contribution in [0, 0.1) is 0 Å². The molecule has 1 atom stereocenters. The number of benzene rings is 1. The molecule has 0 aliphatic heterocycles. The minimum absolute atomic E-state index is 0.185. The average molecular weight is 275 g/mol. The summed E-state index contributed by atoms with van der Waals surface area (Å²) in [5.41, 5.74) is 6.76. The van der Waals surface area contributed by atoms with E-state index in [9.17, 15) is 4.79 Å². The van der Waals surface area contributed by atoms with Gasteiger partial charge in [0.05, 0.1) is 26.8 Å². The lowest BCUT2D eigenvalue weighted by Gasteiger charge is -2.17. The van der Waals surface area contributed by atoms with E-state index in [-0.39, 0.29) is 12.1 Å². The number of ether oxygens (including phenoxy) is 2. The van der Waals surface area contributed by atoms with Gasteiger partial charge in [0.1, 0.15) is 11.5 Å². The molecule has 0 spiro atoms. The third kappa shape index (κ3) is 2.97. The van der Waals surface area contributed by atoms with Crippen molar-refractivity contribution in [1.82, 2.24) is 9.78 Å². The Labute approximate surface area is 116 Å². The first-order valence-electron chi connectivity index (χ1n) is 6.15. The van der Waals surface area contributed by atoms with E-state index in [0.29, 0.717) is 11.5 Å². The van der Waals surface area contributed by atoms with Crippen LogP contribution in [0.2, 0.25) is 0 Å². The highest BCUT2D eigenvalue weighted by Gasteiger charge is 2.14. The van der Waals surface area contributed by atoms with Gasteiger partial charge in [-0.25, -0.2) is 4.68 Å². The Morgan fingerprint density at radius 3 is 2.75 bits per heavy atom. The van der Waals surface area contributed by atoms with Gasteiger partial charge in [-0.2, -0.15) is 5.10 Å². The largest absolute Gasteiger partial charge is 0.497 e. The smallest absolute Gasteiger partial charge is 0.266 e. The van der Waals surface area contributed by atoms with Crippen molar-refractivity contribution in [3.8, 4) is 11.5 Å². The highest BCUT2D eigenvalue weighted by Crippen LogP contribution is 2.28. The third-order valence-corrected chi connectivity index (χ3v) is 3.00. The Bertz CT molecular complexity index is 640. The second kappa shape index (κ2) is 6.21. The summed E-state index contributed by atoms with van der Waals surface area (Å²) in [6, 6.07) is 8.04. The summed E-state index contributed by atoms with van der Waals surface area (Å²) in [5, 5.41) is 3.99. The van der Waals surface area contributed by atoms with Gasteiger partial charge in [0.2, 0.25) is 0 Å². The zero-order chi connectivity index (χ0) is 14.5. The van der Waals surface area contributed by atoms with Crippen molar-refractivity contribution >= 4 is 0 Å². The Morgan fingerprint density at radius 1 is 1.30 bits per heavy atom. The fourth-order valence-corrected chi connectivity index (χ4v) is 1.93. The minimum atomic E-state index is -0.400. The van der Waals surface area contributed by atoms with E-state index < -0.39 is 6.04 Å². The van der Waals surface area contributed by atoms with Crippen LogP contribution in [0.5, 0.6) is 11.5 Å². The molecule has 2 aromatic rings. The second-order valence-corrected chi connectivity index (χ2v) is 4.26. The molecule has 2 rings (SSSR count). The maximum absolute atomic E-state index is 11.6. The van der Waals surface area contributed by atoms with Crippen LogP contribution in [0.15, 0.2) is 41.3 Å². The van der Waals surface area contributed by atoms with Crippen molar-refractivity contribution in [2.45, 2.75) is 12.6 Å². The summed E-state index contributed by atoms with van der Waals surface area (Å²) < 4.78 is 11.8. The van der Waals surface area contributed by atoms with Gasteiger partial charge in [-0.05, 0) is 12.1 Å². The molecular formula is C14H17N3O3. The summed E-state index contributed by atoms with van der Waals surface area (Å²) in [5.74, 6) is 1.31. The third-order valence-electron chi connectivity index (χ3n) is 3.00. The van der Waals surface area contributed by atoms with Gasteiger partial charge < -0.3 is 15.2 Å². The van der Waals surface area contributed by atoms with Gasteiger partial charge >= 0.3 is 0 Å². The van der Waals surface area contributed by atoms with Gasteiger partial charge in [0, 0.05) is 23.9 Å². The van der Waals surface area contributed by atoms with Crippen LogP contribution in [0.3, 0.4) is 0 Å². The van der Waals surface area contributed by atoms with Crippen LogP contribution in [0.25, 0.3) is 0 Å². The maximum Gasteiger partial charge on any atom is 0.266 e. The summed E-state index contributed by atoms with van der Waals surface area (Å²) in [6.07, 6.45) is 1.55. The lowest BCUT2D eigenvalue weighted by Crippen LogP contribution is -2.28. The van der Waals surface area contributed by atoms with Crippen LogP contribution in [0.1, 0.15) is 11.6 Å². The number of nitrogens with two attached hydrogens (primary N) is 1. The molecule has 0 bridgehead atoms. The van der Waals surface area contributed by atoms with E-state index in [1.807, 2.05) is 6.07 Å². The van der Waals surface area contributed by atoms with Gasteiger partial charge in [-0.3, -0.25) is 4.79 Å². The summed E-state index contributed by atoms with van der Waals surface area (Å²) in [7, 11) is 3.15. The monoisotopic (exact) mass is 275 g/mol. The van der Waals surface area contributed by atoms with E-state index in [1.165, 1.54) is 10.7 Å². The highest BCUT2D eigenvalue weighted by molar-refractivity contribution is 5.42. The highest BCUT2D eigenvalue weighted by atomic mass is 16.5. The Kier molecular flexibility index (Phi) is 4.37. The molecule has 6 nitrogen and oxygen atoms in total. The summed E-state index contributed by atoms with van der Waals surface area (Å²) in [4.78, 5) is 11.6. The Hall–Kier alpha value is -2.34. The van der Waals surface area contributed by atoms with Crippen LogP contribution in [-0.2, 0) is 6.54 Å². The summed E-state index contributed by atoms with van der Waals surface area (Å²) >= 11 is 0. The second-order valence-electron chi connectivity index (χ2n) is 4.26. The molecule has 1 heterocycles. The zero-order valence-electron chi connectivity index (χ0n) is 11.4. The van der Waals surface area contributed by atoms with E-state index in [0.717, 1.165) is 5.56 Å². The van der Waals surface area contributed by atoms with Gasteiger partial charge in [-0.1, -0.05) is 6.07 Å². The number of rotatable bonds is 5. The molecule has 2 N–H and O–H groups in total. The Balaban J connectivity index is 2.27. The predicted octanol–water partition coefficient (Wildman–Crippen LogP) is 0.960. The predicted molar refractivity (Wildman–Crippen MR) is 75.0 cm³/mol. The molecule has 0 saturated heterocycles. The molecule has 0 amide bonds. The van der Waals surface area contributed by atoms with E-state index in [4.69, 9.17) is 15.2 Å². The lowest BCUT2D eigenvalue weighted by molar-refractivity contribution is 0.384. The first kappa shape index (κ1) is 14.1. The van der Waals surface area contributed by atoms with Crippen molar-refractivity contribution < 1.29 is 9.47 Å². The first-order valence-corrected chi connectivity index (χ1v) is 6.15. The SMILES string of the molecule is COc1ccc(C(N)Cn2ncccc2=O)c(OC)c1. The molecule has 1 aromatic carbocycles. The van der Waals surface area contributed by atoms with Gasteiger partial charge in [-0.15, -0.1) is 0 Å². The molecular weight excluding hydrogens is 258 g/mol. The topological polar surface area (TPSA) is 79.4 Å². The molecule has 6 heteroatoms. The standard InChI is InChI=1S/C14H17N3O3/c1-19-10-5-6-11(13(8-10)20-2)12(15)9-17-14(18)4-3-7-16-17/h3-8,12H,9,15H2,1-2H3. The van der Waals surface area contributed by atoms with Crippen LogP contribution < -0.4 is 20.8 Å². The normalized spacial score (nSPS) is 11.9. The lowest BCUT2D eigenvalue weighted by atomic mass is 10.1.